The van der Waals surface area contributed by atoms with Crippen LogP contribution in [-0.2, 0) is 17.6 Å². The maximum Gasteiger partial charge on any atom is 0.274 e. The van der Waals surface area contributed by atoms with Crippen molar-refractivity contribution in [3.63, 3.8) is 0 Å². The maximum atomic E-state index is 13.2. The zero-order valence-electron chi connectivity index (χ0n) is 16.9. The molecular weight excluding hydrogens is 370 g/mol. The van der Waals surface area contributed by atoms with E-state index in [1.165, 1.54) is 19.3 Å². The first-order valence-corrected chi connectivity index (χ1v) is 11.1. The van der Waals surface area contributed by atoms with Gasteiger partial charge >= 0.3 is 0 Å². The van der Waals surface area contributed by atoms with Crippen molar-refractivity contribution < 1.29 is 14.1 Å². The summed E-state index contributed by atoms with van der Waals surface area (Å²) in [5.74, 6) is 1.93. The number of aryl methyl sites for hydroxylation is 1. The molecule has 0 bridgehead atoms. The fraction of sp³-hybridized carbons (Fsp3) is 0.714. The minimum atomic E-state index is 0.0368. The monoisotopic (exact) mass is 399 g/mol. The molecule has 2 aromatic heterocycles. The molecular formula is C21H29N5O3. The van der Waals surface area contributed by atoms with Crippen molar-refractivity contribution in [3.05, 3.63) is 28.7 Å². The van der Waals surface area contributed by atoms with Crippen LogP contribution in [-0.4, -0.2) is 57.4 Å². The van der Waals surface area contributed by atoms with Crippen molar-refractivity contribution in [1.29, 1.82) is 0 Å². The van der Waals surface area contributed by atoms with Crippen LogP contribution in [0, 0.1) is 0 Å². The number of hydrogen-bond donors (Lipinski definition) is 1. The minimum absolute atomic E-state index is 0.0368. The summed E-state index contributed by atoms with van der Waals surface area (Å²) in [5, 5.41) is 11.8. The third-order valence-corrected chi connectivity index (χ3v) is 6.63. The molecule has 156 valence electrons. The predicted molar refractivity (Wildman–Crippen MR) is 105 cm³/mol. The van der Waals surface area contributed by atoms with Gasteiger partial charge in [-0.15, -0.1) is 0 Å². The number of nitrogens with zero attached hydrogens (tertiary/aromatic N) is 4. The molecule has 2 saturated heterocycles. The van der Waals surface area contributed by atoms with Gasteiger partial charge in [-0.05, 0) is 44.9 Å². The Morgan fingerprint density at radius 3 is 2.72 bits per heavy atom. The Bertz CT molecular complexity index is 854. The molecule has 0 saturated carbocycles. The van der Waals surface area contributed by atoms with Gasteiger partial charge in [0.1, 0.15) is 0 Å². The van der Waals surface area contributed by atoms with Crippen molar-refractivity contribution in [2.75, 3.05) is 26.3 Å². The molecule has 0 radical (unpaired) electrons. The van der Waals surface area contributed by atoms with Crippen molar-refractivity contribution in [2.24, 2.45) is 0 Å². The van der Waals surface area contributed by atoms with Crippen molar-refractivity contribution in [2.45, 2.75) is 69.6 Å². The summed E-state index contributed by atoms with van der Waals surface area (Å²) >= 11 is 0. The summed E-state index contributed by atoms with van der Waals surface area (Å²) in [6.07, 6.45) is 9.47. The zero-order chi connectivity index (χ0) is 19.6. The Kier molecular flexibility index (Phi) is 5.35. The van der Waals surface area contributed by atoms with Gasteiger partial charge in [-0.2, -0.15) is 10.1 Å². The summed E-state index contributed by atoms with van der Waals surface area (Å²) in [7, 11) is 0. The molecule has 0 aromatic carbocycles. The number of rotatable bonds is 3. The van der Waals surface area contributed by atoms with E-state index >= 15 is 0 Å². The number of carbonyl (C=O) groups is 1. The number of ether oxygens (including phenoxy) is 1. The fourth-order valence-electron chi connectivity index (χ4n) is 4.84. The second kappa shape index (κ2) is 8.26. The Morgan fingerprint density at radius 1 is 1.03 bits per heavy atom. The molecule has 1 aliphatic carbocycles. The molecule has 8 heteroatoms. The number of fused-ring (bicyclic) bond motifs is 1. The van der Waals surface area contributed by atoms with Gasteiger partial charge in [-0.3, -0.25) is 9.89 Å². The third-order valence-electron chi connectivity index (χ3n) is 6.63. The third kappa shape index (κ3) is 3.82. The van der Waals surface area contributed by atoms with Crippen LogP contribution in [0.15, 0.2) is 4.52 Å². The highest BCUT2D eigenvalue weighted by Gasteiger charge is 2.34. The van der Waals surface area contributed by atoms with Gasteiger partial charge in [0.2, 0.25) is 5.89 Å². The van der Waals surface area contributed by atoms with E-state index in [4.69, 9.17) is 9.26 Å². The molecule has 3 aliphatic rings. The smallest absolute Gasteiger partial charge is 0.274 e. The van der Waals surface area contributed by atoms with Crippen LogP contribution in [0.5, 0.6) is 0 Å². The molecule has 5 rings (SSSR count). The highest BCUT2D eigenvalue weighted by Crippen LogP contribution is 2.31. The number of carbonyl (C=O) groups excluding carboxylic acids is 1. The van der Waals surface area contributed by atoms with Crippen LogP contribution in [0.4, 0.5) is 0 Å². The van der Waals surface area contributed by atoms with Crippen molar-refractivity contribution in [1.82, 2.24) is 25.2 Å². The van der Waals surface area contributed by atoms with E-state index in [2.05, 4.69) is 20.3 Å². The first kappa shape index (κ1) is 18.8. The Hall–Kier alpha value is -2.22. The van der Waals surface area contributed by atoms with Crippen LogP contribution in [0.3, 0.4) is 0 Å². The molecule has 29 heavy (non-hydrogen) atoms. The molecule has 2 fully saturated rings. The lowest BCUT2D eigenvalue weighted by molar-refractivity contribution is 0.0782. The van der Waals surface area contributed by atoms with Gasteiger partial charge in [0.15, 0.2) is 11.5 Å². The number of nitrogens with one attached hydrogen (secondary N) is 1. The Labute approximate surface area is 170 Å². The van der Waals surface area contributed by atoms with Crippen LogP contribution < -0.4 is 0 Å². The normalized spacial score (nSPS) is 23.6. The molecule has 1 N–H and O–H groups in total. The van der Waals surface area contributed by atoms with Gasteiger partial charge in [-0.25, -0.2) is 0 Å². The maximum absolute atomic E-state index is 13.2. The second-order valence-electron chi connectivity index (χ2n) is 8.56. The fourth-order valence-corrected chi connectivity index (χ4v) is 4.84. The van der Waals surface area contributed by atoms with Crippen molar-refractivity contribution in [3.8, 4) is 0 Å². The number of hydrogen-bond acceptors (Lipinski definition) is 6. The largest absolute Gasteiger partial charge is 0.381 e. The van der Waals surface area contributed by atoms with E-state index in [9.17, 15) is 4.79 Å². The number of aromatic nitrogens is 4. The second-order valence-corrected chi connectivity index (χ2v) is 8.56. The van der Waals surface area contributed by atoms with Crippen LogP contribution >= 0.6 is 0 Å². The number of amides is 1. The van der Waals surface area contributed by atoms with Gasteiger partial charge in [-0.1, -0.05) is 18.0 Å². The number of H-pyrrole nitrogens is 1. The SMILES string of the molecule is O=C(c1n[nH]c2c1CCCCCC2)N1CCC(c2nc(C3CCOCC3)no2)C1. The summed E-state index contributed by atoms with van der Waals surface area (Å²) in [6.45, 7) is 2.85. The topological polar surface area (TPSA) is 97.1 Å². The van der Waals surface area contributed by atoms with E-state index < -0.39 is 0 Å². The molecule has 1 amide bonds. The Morgan fingerprint density at radius 2 is 1.86 bits per heavy atom. The number of likely N-dealkylation sites (tertiary alicyclic amines) is 1. The lowest BCUT2D eigenvalue weighted by Gasteiger charge is -2.18. The van der Waals surface area contributed by atoms with Gasteiger partial charge in [0, 0.05) is 43.5 Å². The van der Waals surface area contributed by atoms with Crippen LogP contribution in [0.25, 0.3) is 0 Å². The summed E-state index contributed by atoms with van der Waals surface area (Å²) in [4.78, 5) is 19.7. The van der Waals surface area contributed by atoms with Gasteiger partial charge < -0.3 is 14.2 Å². The van der Waals surface area contributed by atoms with Crippen LogP contribution in [0.2, 0.25) is 0 Å². The molecule has 2 aromatic rings. The van der Waals surface area contributed by atoms with Crippen LogP contribution in [0.1, 0.15) is 90.2 Å². The summed E-state index contributed by atoms with van der Waals surface area (Å²) in [5.41, 5.74) is 2.91. The van der Waals surface area contributed by atoms with Gasteiger partial charge in [0.05, 0.1) is 5.92 Å². The van der Waals surface area contributed by atoms with Gasteiger partial charge in [0.25, 0.3) is 5.91 Å². The highest BCUT2D eigenvalue weighted by molar-refractivity contribution is 5.94. The molecule has 0 spiro atoms. The molecule has 4 heterocycles. The first-order chi connectivity index (χ1) is 14.3. The molecule has 1 unspecified atom stereocenters. The number of aromatic amines is 1. The quantitative estimate of drug-likeness (QED) is 0.852. The lowest BCUT2D eigenvalue weighted by Crippen LogP contribution is -2.29. The predicted octanol–water partition coefficient (Wildman–Crippen LogP) is 2.98. The summed E-state index contributed by atoms with van der Waals surface area (Å²) in [6, 6.07) is 0. The highest BCUT2D eigenvalue weighted by atomic mass is 16.5. The van der Waals surface area contributed by atoms with E-state index in [0.717, 1.165) is 68.8 Å². The van der Waals surface area contributed by atoms with E-state index in [1.54, 1.807) is 0 Å². The standard InChI is InChI=1S/C21H29N5O3/c27-21(18-16-5-3-1-2-4-6-17(16)23-24-18)26-10-7-15(13-26)20-22-19(25-29-20)14-8-11-28-12-9-14/h14-15H,1-13H2,(H,23,24). The van der Waals surface area contributed by atoms with E-state index in [1.807, 2.05) is 4.90 Å². The minimum Gasteiger partial charge on any atom is -0.381 e. The van der Waals surface area contributed by atoms with E-state index in [0.29, 0.717) is 30.6 Å². The first-order valence-electron chi connectivity index (χ1n) is 11.1. The zero-order valence-corrected chi connectivity index (χ0v) is 16.9. The molecule has 2 aliphatic heterocycles. The average molecular weight is 399 g/mol. The van der Waals surface area contributed by atoms with Crippen molar-refractivity contribution >= 4 is 5.91 Å². The molecule has 1 atom stereocenters. The van der Waals surface area contributed by atoms with E-state index in [-0.39, 0.29) is 11.8 Å². The summed E-state index contributed by atoms with van der Waals surface area (Å²) < 4.78 is 11.0. The lowest BCUT2D eigenvalue weighted by atomic mass is 9.96. The Balaban J connectivity index is 1.26. The molecule has 8 nitrogen and oxygen atoms in total. The average Bonchev–Trinajstić information content (AvgIpc) is 3.47.